The van der Waals surface area contributed by atoms with Gasteiger partial charge in [0, 0.05) is 31.7 Å². The Morgan fingerprint density at radius 1 is 0.486 bits per heavy atom. The maximum absolute atomic E-state index is 9.22. The van der Waals surface area contributed by atoms with Gasteiger partial charge in [-0.05, 0) is 41.7 Å². The summed E-state index contributed by atoms with van der Waals surface area (Å²) in [5.41, 5.74) is -2.56. The van der Waals surface area contributed by atoms with Crippen molar-refractivity contribution in [3.63, 3.8) is 0 Å². The van der Waals surface area contributed by atoms with E-state index in [0.717, 1.165) is 0 Å². The minimum atomic E-state index is -0.834. The fourth-order valence-corrected chi connectivity index (χ4v) is 4.96. The summed E-state index contributed by atoms with van der Waals surface area (Å²) in [5, 5.41) is -0.665. The van der Waals surface area contributed by atoms with Crippen LogP contribution < -0.4 is 0 Å². The Morgan fingerprint density at radius 2 is 1.03 bits per heavy atom. The average molecular weight is 487 g/mol. The van der Waals surface area contributed by atoms with Crippen LogP contribution in [0.5, 0.6) is 0 Å². The first kappa shape index (κ1) is 8.93. The van der Waals surface area contributed by atoms with Crippen molar-refractivity contribution in [3.05, 3.63) is 132 Å². The summed E-state index contributed by atoms with van der Waals surface area (Å²) in [7, 11) is 0. The van der Waals surface area contributed by atoms with Gasteiger partial charge in [-0.25, -0.2) is 0 Å². The molecule has 1 heteroatoms. The molecule has 5 aromatic carbocycles. The molecule has 168 valence electrons. The highest BCUT2D eigenvalue weighted by atomic mass is 32.1. The van der Waals surface area contributed by atoms with Gasteiger partial charge in [-0.2, -0.15) is 0 Å². The van der Waals surface area contributed by atoms with Gasteiger partial charge in [0.15, 0.2) is 0 Å². The van der Waals surface area contributed by atoms with Crippen molar-refractivity contribution >= 4 is 22.1 Å². The zero-order valence-electron chi connectivity index (χ0n) is 38.4. The Kier molecular flexibility index (Phi) is 2.30. The van der Waals surface area contributed by atoms with Crippen LogP contribution in [0.25, 0.3) is 53.9 Å². The van der Waals surface area contributed by atoms with Crippen LogP contribution >= 0.6 is 11.3 Å². The zero-order valence-corrected chi connectivity index (χ0v) is 19.2. The van der Waals surface area contributed by atoms with Crippen molar-refractivity contribution in [3.8, 4) is 43.1 Å². The van der Waals surface area contributed by atoms with Crippen LogP contribution in [0, 0.1) is 13.8 Å². The standard InChI is InChI=1S/C34H26S/c1-23-20-21-31(32(22-23)26-15-7-6-12-24(26)2)34-30-19-11-10-18-29(30)33(35-34)28-17-9-8-16-27(28)25-13-4-3-5-14-25/h3-22H,1-2H3/i3D,4D,5D,6D,7D,8D,9D,10D,11D,12D,13D,14D,15D,16D,17D,18D,19D,20D,21D,22D. The normalized spacial score (nSPS) is 19.1. The Labute approximate surface area is 239 Å². The number of benzene rings is 5. The van der Waals surface area contributed by atoms with E-state index in [1.807, 2.05) is 0 Å². The Balaban J connectivity index is 1.95. The smallest absolute Gasteiger partial charge is 0.0632 e. The lowest BCUT2D eigenvalue weighted by molar-refractivity contribution is 1.43. The fraction of sp³-hybridized carbons (Fsp3) is 0.0588. The molecule has 0 N–H and O–H groups in total. The summed E-state index contributed by atoms with van der Waals surface area (Å²) >= 11 is 0.577. The minimum absolute atomic E-state index is 0.0269. The van der Waals surface area contributed by atoms with E-state index >= 15 is 0 Å². The molecule has 35 heavy (non-hydrogen) atoms. The highest BCUT2D eigenvalue weighted by Crippen LogP contribution is 2.48. The molecule has 0 aliphatic heterocycles. The van der Waals surface area contributed by atoms with E-state index in [9.17, 15) is 1.37 Å². The summed E-state index contributed by atoms with van der Waals surface area (Å²) in [6.07, 6.45) is 0. The van der Waals surface area contributed by atoms with Crippen LogP contribution in [0.3, 0.4) is 0 Å². The van der Waals surface area contributed by atoms with Gasteiger partial charge >= 0.3 is 0 Å². The molecule has 6 rings (SSSR count). The molecule has 1 heterocycles. The lowest BCUT2D eigenvalue weighted by Crippen LogP contribution is -1.88. The summed E-state index contributed by atoms with van der Waals surface area (Å²) in [4.78, 5) is -0.508. The zero-order chi connectivity index (χ0) is 41.2. The molecular weight excluding hydrogens is 440 g/mol. The number of rotatable bonds is 4. The van der Waals surface area contributed by atoms with Crippen molar-refractivity contribution in [1.29, 1.82) is 0 Å². The highest BCUT2D eigenvalue weighted by Gasteiger charge is 2.19. The van der Waals surface area contributed by atoms with Crippen molar-refractivity contribution < 1.29 is 27.4 Å². The second-order valence-electron chi connectivity index (χ2n) is 7.51. The molecular formula is C34H26S. The quantitative estimate of drug-likeness (QED) is 0.232. The molecule has 0 nitrogen and oxygen atoms in total. The topological polar surface area (TPSA) is 0 Å². The van der Waals surface area contributed by atoms with E-state index < -0.39 is 138 Å². The highest BCUT2D eigenvalue weighted by molar-refractivity contribution is 7.21. The molecule has 0 aliphatic carbocycles. The van der Waals surface area contributed by atoms with Crippen molar-refractivity contribution in [2.75, 3.05) is 0 Å². The second kappa shape index (κ2) is 9.02. The van der Waals surface area contributed by atoms with Crippen molar-refractivity contribution in [2.45, 2.75) is 13.8 Å². The van der Waals surface area contributed by atoms with Crippen LogP contribution in [0.1, 0.15) is 38.5 Å². The third kappa shape index (κ3) is 3.88. The average Bonchev–Trinajstić information content (AvgIpc) is 3.54. The minimum Gasteiger partial charge on any atom is -0.134 e. The van der Waals surface area contributed by atoms with E-state index in [0.29, 0.717) is 11.3 Å². The first-order chi connectivity index (χ1) is 25.5. The SMILES string of the molecule is [2H]c1c([2H])c([2H])c(-c2c([2H])c([2H])c([2H])c([2H])c2-c2sc(-c3c([2H])c([2H])c(C)c([2H])c3-c3c([2H])c([2H])c([2H])c([2H])c3C)c3c([2H])c([2H])c([2H])c([2H])c23)c([2H])c1[2H]. The molecule has 0 unspecified atom stereocenters. The Hall–Kier alpha value is -3.94. The number of thiophene rings is 1. The van der Waals surface area contributed by atoms with Gasteiger partial charge in [0.2, 0.25) is 0 Å². The number of fused-ring (bicyclic) bond motifs is 1. The van der Waals surface area contributed by atoms with Crippen LogP contribution in [0.4, 0.5) is 0 Å². The van der Waals surface area contributed by atoms with E-state index in [1.54, 1.807) is 0 Å². The number of hydrogen-bond donors (Lipinski definition) is 0. The van der Waals surface area contributed by atoms with Gasteiger partial charge < -0.3 is 0 Å². The molecule has 6 aromatic rings. The predicted molar refractivity (Wildman–Crippen MR) is 153 cm³/mol. The molecule has 1 aromatic heterocycles. The molecule has 0 atom stereocenters. The third-order valence-corrected chi connectivity index (χ3v) is 6.52. The summed E-state index contributed by atoms with van der Waals surface area (Å²) < 4.78 is 174. The molecule has 0 bridgehead atoms. The molecule has 0 saturated carbocycles. The largest absolute Gasteiger partial charge is 0.134 e. The van der Waals surface area contributed by atoms with Crippen LogP contribution in [0.2, 0.25) is 0 Å². The molecule has 0 amide bonds. The maximum Gasteiger partial charge on any atom is 0.0632 e. The predicted octanol–water partition coefficient (Wildman–Crippen LogP) is 10.2. The van der Waals surface area contributed by atoms with E-state index in [2.05, 4.69) is 0 Å². The molecule has 0 radical (unpaired) electrons. The fourth-order valence-electron chi connectivity index (χ4n) is 3.74. The monoisotopic (exact) mass is 486 g/mol. The van der Waals surface area contributed by atoms with Gasteiger partial charge in [0.05, 0.1) is 27.4 Å². The lowest BCUT2D eigenvalue weighted by atomic mass is 9.92. The first-order valence-corrected chi connectivity index (χ1v) is 11.2. The molecule has 0 fully saturated rings. The maximum atomic E-state index is 9.22. The van der Waals surface area contributed by atoms with E-state index in [-0.39, 0.29) is 48.3 Å². The Bertz CT molecular complexity index is 2490. The Morgan fingerprint density at radius 3 is 1.74 bits per heavy atom. The third-order valence-electron chi connectivity index (χ3n) is 5.30. The number of hydrogen-bond acceptors (Lipinski definition) is 1. The van der Waals surface area contributed by atoms with Gasteiger partial charge in [-0.15, -0.1) is 11.3 Å². The van der Waals surface area contributed by atoms with Gasteiger partial charge in [-0.1, -0.05) is 126 Å². The van der Waals surface area contributed by atoms with Crippen molar-refractivity contribution in [1.82, 2.24) is 0 Å². The molecule has 0 spiro atoms. The van der Waals surface area contributed by atoms with E-state index in [4.69, 9.17) is 26.0 Å². The van der Waals surface area contributed by atoms with Gasteiger partial charge in [0.25, 0.3) is 0 Å². The summed E-state index contributed by atoms with van der Waals surface area (Å²) in [6, 6.07) is -14.0. The van der Waals surface area contributed by atoms with Gasteiger partial charge in [0.1, 0.15) is 0 Å². The molecule has 0 saturated heterocycles. The first-order valence-electron chi connectivity index (χ1n) is 20.4. The van der Waals surface area contributed by atoms with Crippen LogP contribution in [-0.2, 0) is 0 Å². The summed E-state index contributed by atoms with van der Waals surface area (Å²) in [6.45, 7) is 2.74. The van der Waals surface area contributed by atoms with Crippen LogP contribution in [-0.4, -0.2) is 0 Å². The second-order valence-corrected chi connectivity index (χ2v) is 8.53. The summed E-state index contributed by atoms with van der Waals surface area (Å²) in [5.74, 6) is 0. The van der Waals surface area contributed by atoms with Crippen LogP contribution in [0.15, 0.2) is 121 Å². The molecule has 0 aliphatic rings. The van der Waals surface area contributed by atoms with E-state index in [1.165, 1.54) is 13.8 Å². The van der Waals surface area contributed by atoms with Crippen molar-refractivity contribution in [2.24, 2.45) is 0 Å². The van der Waals surface area contributed by atoms with Gasteiger partial charge in [-0.3, -0.25) is 0 Å². The lowest BCUT2D eigenvalue weighted by Gasteiger charge is -2.13.